The molecular weight excluding hydrogens is 325 g/mol. The molecule has 1 unspecified atom stereocenters. The van der Waals surface area contributed by atoms with Gasteiger partial charge in [-0.2, -0.15) is 13.2 Å². The second kappa shape index (κ2) is 5.88. The summed E-state index contributed by atoms with van der Waals surface area (Å²) in [6.45, 7) is 2.13. The van der Waals surface area contributed by atoms with E-state index in [2.05, 4.69) is 0 Å². The van der Waals surface area contributed by atoms with Crippen molar-refractivity contribution in [3.8, 4) is 0 Å². The smallest absolute Gasteiger partial charge is 0.416 e. The third-order valence-electron chi connectivity index (χ3n) is 3.33. The predicted octanol–water partition coefficient (Wildman–Crippen LogP) is 2.09. The van der Waals surface area contributed by atoms with Crippen LogP contribution in [0, 0.1) is 0 Å². The van der Waals surface area contributed by atoms with Crippen molar-refractivity contribution in [2.45, 2.75) is 42.2 Å². The molecule has 1 aromatic carbocycles. The van der Waals surface area contributed by atoms with Crippen molar-refractivity contribution in [2.24, 2.45) is 0 Å². The second-order valence-corrected chi connectivity index (χ2v) is 7.78. The molecule has 0 amide bonds. The average Bonchev–Trinajstić information content (AvgIpc) is 2.36. The molecule has 0 aliphatic heterocycles. The van der Waals surface area contributed by atoms with E-state index in [1.807, 2.05) is 0 Å². The Kier molecular flexibility index (Phi) is 4.93. The molecule has 0 radical (unpaired) electrons. The minimum atomic E-state index is -4.71. The Morgan fingerprint density at radius 3 is 2.27 bits per heavy atom. The molecule has 1 aromatic rings. The molecule has 0 saturated carbocycles. The zero-order valence-electron chi connectivity index (χ0n) is 11.8. The minimum absolute atomic E-state index is 0.463. The summed E-state index contributed by atoms with van der Waals surface area (Å²) in [5.41, 5.74) is -1.14. The van der Waals surface area contributed by atoms with Crippen LogP contribution < -0.4 is 0 Å². The van der Waals surface area contributed by atoms with Crippen molar-refractivity contribution in [1.82, 2.24) is 0 Å². The molecular formula is C13H15F3O5S. The Morgan fingerprint density at radius 1 is 1.27 bits per heavy atom. The Hall–Kier alpha value is -1.61. The number of halogens is 3. The number of carboxylic acids is 1. The van der Waals surface area contributed by atoms with Gasteiger partial charge < -0.3 is 10.2 Å². The maximum absolute atomic E-state index is 12.7. The van der Waals surface area contributed by atoms with Crippen LogP contribution in [-0.4, -0.2) is 35.5 Å². The summed E-state index contributed by atoms with van der Waals surface area (Å²) >= 11 is 0. The maximum Gasteiger partial charge on any atom is 0.416 e. The number of rotatable bonds is 5. The van der Waals surface area contributed by atoms with Gasteiger partial charge in [0.15, 0.2) is 9.84 Å². The molecule has 1 rings (SSSR count). The van der Waals surface area contributed by atoms with Crippen LogP contribution in [0.3, 0.4) is 0 Å². The van der Waals surface area contributed by atoms with Gasteiger partial charge in [-0.05, 0) is 32.0 Å². The van der Waals surface area contributed by atoms with Gasteiger partial charge in [-0.15, -0.1) is 0 Å². The van der Waals surface area contributed by atoms with Gasteiger partial charge in [-0.3, -0.25) is 4.79 Å². The van der Waals surface area contributed by atoms with E-state index < -0.39 is 49.7 Å². The minimum Gasteiger partial charge on any atom is -0.481 e. The number of carboxylic acid groups (broad SMARTS) is 1. The van der Waals surface area contributed by atoms with Gasteiger partial charge in [0.25, 0.3) is 0 Å². The molecule has 1 atom stereocenters. The summed E-state index contributed by atoms with van der Waals surface area (Å²) in [5, 5.41) is 18.4. The number of aliphatic hydroxyl groups excluding tert-OH is 1. The zero-order valence-corrected chi connectivity index (χ0v) is 12.6. The first-order chi connectivity index (χ1) is 9.80. The summed E-state index contributed by atoms with van der Waals surface area (Å²) in [4.78, 5) is 9.97. The Balaban J connectivity index is 3.32. The Bertz CT molecular complexity index is 664. The lowest BCUT2D eigenvalue weighted by molar-refractivity contribution is -0.139. The number of aliphatic hydroxyl groups is 1. The second-order valence-electron chi connectivity index (χ2n) is 5.25. The molecule has 0 aliphatic carbocycles. The Morgan fingerprint density at radius 2 is 1.82 bits per heavy atom. The number of alkyl halides is 3. The summed E-state index contributed by atoms with van der Waals surface area (Å²) in [5.74, 6) is -1.42. The highest BCUT2D eigenvalue weighted by Gasteiger charge is 2.43. The number of aliphatic carboxylic acids is 1. The van der Waals surface area contributed by atoms with Crippen molar-refractivity contribution in [1.29, 1.82) is 0 Å². The SMILES string of the molecule is CC(C)(C(O)CC(=O)O)S(=O)(=O)c1cccc(C(F)(F)F)c1. The Labute approximate surface area is 125 Å². The number of sulfone groups is 1. The summed E-state index contributed by atoms with van der Waals surface area (Å²) in [6, 6.07) is 3.10. The monoisotopic (exact) mass is 340 g/mol. The van der Waals surface area contributed by atoms with Gasteiger partial charge in [-0.25, -0.2) is 8.42 Å². The van der Waals surface area contributed by atoms with E-state index in [0.29, 0.717) is 6.07 Å². The fourth-order valence-electron chi connectivity index (χ4n) is 1.73. The molecule has 0 heterocycles. The molecule has 0 aliphatic rings. The van der Waals surface area contributed by atoms with E-state index in [1.165, 1.54) is 0 Å². The largest absolute Gasteiger partial charge is 0.481 e. The summed E-state index contributed by atoms with van der Waals surface area (Å²) < 4.78 is 60.9. The van der Waals surface area contributed by atoms with E-state index in [0.717, 1.165) is 32.0 Å². The topological polar surface area (TPSA) is 91.7 Å². The normalized spacial score (nSPS) is 14.6. The van der Waals surface area contributed by atoms with Crippen molar-refractivity contribution in [3.63, 3.8) is 0 Å². The van der Waals surface area contributed by atoms with Gasteiger partial charge in [-0.1, -0.05) is 6.07 Å². The van der Waals surface area contributed by atoms with Gasteiger partial charge in [0, 0.05) is 0 Å². The first kappa shape index (κ1) is 18.4. The van der Waals surface area contributed by atoms with Gasteiger partial charge in [0.2, 0.25) is 0 Å². The molecule has 9 heteroatoms. The molecule has 0 aromatic heterocycles. The van der Waals surface area contributed by atoms with Crippen molar-refractivity contribution in [2.75, 3.05) is 0 Å². The molecule has 0 saturated heterocycles. The quantitative estimate of drug-likeness (QED) is 0.856. The third kappa shape index (κ3) is 3.58. The molecule has 0 bridgehead atoms. The van der Waals surface area contributed by atoms with Crippen LogP contribution in [-0.2, 0) is 20.8 Å². The number of hydrogen-bond donors (Lipinski definition) is 2. The number of hydrogen-bond acceptors (Lipinski definition) is 4. The van der Waals surface area contributed by atoms with Gasteiger partial charge in [0.1, 0.15) is 0 Å². The van der Waals surface area contributed by atoms with E-state index in [9.17, 15) is 31.5 Å². The third-order valence-corrected chi connectivity index (χ3v) is 5.87. The van der Waals surface area contributed by atoms with Crippen LogP contribution in [0.25, 0.3) is 0 Å². The standard InChI is InChI=1S/C13H15F3O5S/c1-12(2,10(17)7-11(18)19)22(20,21)9-5-3-4-8(6-9)13(14,15)16/h3-6,10,17H,7H2,1-2H3,(H,18,19). The first-order valence-corrected chi connectivity index (χ1v) is 7.60. The molecule has 0 fully saturated rings. The van der Waals surface area contributed by atoms with Crippen LogP contribution in [0.4, 0.5) is 13.2 Å². The van der Waals surface area contributed by atoms with Crippen molar-refractivity contribution in [3.05, 3.63) is 29.8 Å². The van der Waals surface area contributed by atoms with Gasteiger partial charge >= 0.3 is 12.1 Å². The highest BCUT2D eigenvalue weighted by Crippen LogP contribution is 2.34. The van der Waals surface area contributed by atoms with Crippen molar-refractivity contribution >= 4 is 15.8 Å². The van der Waals surface area contributed by atoms with E-state index in [-0.39, 0.29) is 0 Å². The highest BCUT2D eigenvalue weighted by atomic mass is 32.2. The number of carbonyl (C=O) groups is 1. The van der Waals surface area contributed by atoms with E-state index in [4.69, 9.17) is 5.11 Å². The zero-order chi connectivity index (χ0) is 17.3. The maximum atomic E-state index is 12.7. The van der Waals surface area contributed by atoms with Crippen LogP contribution in [0.5, 0.6) is 0 Å². The molecule has 124 valence electrons. The van der Waals surface area contributed by atoms with E-state index >= 15 is 0 Å². The molecule has 0 spiro atoms. The van der Waals surface area contributed by atoms with Gasteiger partial charge in [0.05, 0.1) is 27.7 Å². The van der Waals surface area contributed by atoms with Crippen LogP contribution >= 0.6 is 0 Å². The van der Waals surface area contributed by atoms with Crippen LogP contribution in [0.1, 0.15) is 25.8 Å². The predicted molar refractivity (Wildman–Crippen MR) is 71.0 cm³/mol. The number of benzene rings is 1. The fraction of sp³-hybridized carbons (Fsp3) is 0.462. The summed E-state index contributed by atoms with van der Waals surface area (Å²) in [6.07, 6.45) is -7.33. The lowest BCUT2D eigenvalue weighted by atomic mass is 10.0. The first-order valence-electron chi connectivity index (χ1n) is 6.12. The molecule has 22 heavy (non-hydrogen) atoms. The van der Waals surface area contributed by atoms with Crippen LogP contribution in [0.2, 0.25) is 0 Å². The average molecular weight is 340 g/mol. The summed E-state index contributed by atoms with van der Waals surface area (Å²) in [7, 11) is -4.38. The van der Waals surface area contributed by atoms with Crippen LogP contribution in [0.15, 0.2) is 29.2 Å². The highest BCUT2D eigenvalue weighted by molar-refractivity contribution is 7.92. The van der Waals surface area contributed by atoms with E-state index in [1.54, 1.807) is 0 Å². The lowest BCUT2D eigenvalue weighted by Gasteiger charge is -2.29. The lowest BCUT2D eigenvalue weighted by Crippen LogP contribution is -2.45. The fourth-order valence-corrected chi connectivity index (χ4v) is 3.32. The molecule has 5 nitrogen and oxygen atoms in total. The molecule has 2 N–H and O–H groups in total. The van der Waals surface area contributed by atoms with Crippen molar-refractivity contribution < 1.29 is 36.6 Å².